The summed E-state index contributed by atoms with van der Waals surface area (Å²) < 4.78 is 0. The van der Waals surface area contributed by atoms with Gasteiger partial charge in [0.2, 0.25) is 0 Å². The maximum absolute atomic E-state index is 10.6. The van der Waals surface area contributed by atoms with Gasteiger partial charge in [-0.2, -0.15) is 0 Å². The highest BCUT2D eigenvalue weighted by Gasteiger charge is 2.36. The Labute approximate surface area is 132 Å². The molecule has 1 aliphatic carbocycles. The smallest absolute Gasteiger partial charge is 0.125 e. The van der Waals surface area contributed by atoms with Gasteiger partial charge in [0.15, 0.2) is 0 Å². The summed E-state index contributed by atoms with van der Waals surface area (Å²) in [5.41, 5.74) is -0.322. The lowest BCUT2D eigenvalue weighted by Crippen LogP contribution is -2.36. The van der Waals surface area contributed by atoms with Gasteiger partial charge < -0.3 is 5.11 Å². The van der Waals surface area contributed by atoms with Crippen molar-refractivity contribution >= 4 is 0 Å². The van der Waals surface area contributed by atoms with Crippen molar-refractivity contribution in [3.05, 3.63) is 0 Å². The molecule has 0 radical (unpaired) electrons. The summed E-state index contributed by atoms with van der Waals surface area (Å²) in [4.78, 5) is 0. The van der Waals surface area contributed by atoms with E-state index in [0.717, 1.165) is 38.0 Å². The molecule has 1 fully saturated rings. The highest BCUT2D eigenvalue weighted by molar-refractivity contribution is 5.15. The van der Waals surface area contributed by atoms with Crippen molar-refractivity contribution in [2.75, 3.05) is 0 Å². The molecular weight excluding hydrogens is 256 g/mol. The van der Waals surface area contributed by atoms with E-state index in [0.29, 0.717) is 5.41 Å². The number of unbranched alkanes of at least 4 members (excludes halogenated alkanes) is 6. The molecule has 1 N–H and O–H groups in total. The van der Waals surface area contributed by atoms with Crippen LogP contribution < -0.4 is 0 Å². The second-order valence-electron chi connectivity index (χ2n) is 7.99. The van der Waals surface area contributed by atoms with E-state index in [4.69, 9.17) is 0 Å². The highest BCUT2D eigenvalue weighted by atomic mass is 16.3. The molecule has 0 saturated heterocycles. The maximum Gasteiger partial charge on any atom is 0.125 e. The molecule has 0 aliphatic heterocycles. The van der Waals surface area contributed by atoms with Gasteiger partial charge in [0.25, 0.3) is 0 Å². The zero-order valence-corrected chi connectivity index (χ0v) is 14.8. The van der Waals surface area contributed by atoms with Gasteiger partial charge in [0.1, 0.15) is 5.60 Å². The third kappa shape index (κ3) is 7.37. The summed E-state index contributed by atoms with van der Waals surface area (Å²) in [6.07, 6.45) is 12.8. The molecule has 0 unspecified atom stereocenters. The predicted octanol–water partition coefficient (Wildman–Crippen LogP) is 5.71. The van der Waals surface area contributed by atoms with Crippen LogP contribution in [0.4, 0.5) is 0 Å². The minimum atomic E-state index is -0.691. The SMILES string of the molecule is CCCCCCCCC#CC1(O)CCC(C(C)(C)C)CC1. The van der Waals surface area contributed by atoms with Crippen molar-refractivity contribution in [3.63, 3.8) is 0 Å². The number of aliphatic hydroxyl groups is 1. The maximum atomic E-state index is 10.6. The standard InChI is InChI=1S/C20H36O/c1-5-6-7-8-9-10-11-12-15-20(21)16-13-18(14-17-20)19(2,3)4/h18,21H,5-11,13-14,16-17H2,1-4H3. The van der Waals surface area contributed by atoms with Gasteiger partial charge in [-0.25, -0.2) is 0 Å². The minimum Gasteiger partial charge on any atom is -0.378 e. The van der Waals surface area contributed by atoms with Crippen molar-refractivity contribution in [1.29, 1.82) is 0 Å². The molecule has 0 aromatic carbocycles. The van der Waals surface area contributed by atoms with Crippen LogP contribution in [0.3, 0.4) is 0 Å². The van der Waals surface area contributed by atoms with Gasteiger partial charge in [-0.1, -0.05) is 65.7 Å². The predicted molar refractivity (Wildman–Crippen MR) is 92.1 cm³/mol. The van der Waals surface area contributed by atoms with E-state index in [9.17, 15) is 5.11 Å². The third-order valence-electron chi connectivity index (χ3n) is 5.01. The van der Waals surface area contributed by atoms with Crippen molar-refractivity contribution < 1.29 is 5.11 Å². The molecule has 1 aliphatic rings. The minimum absolute atomic E-state index is 0.368. The molecule has 122 valence electrons. The van der Waals surface area contributed by atoms with Crippen molar-refractivity contribution in [2.24, 2.45) is 11.3 Å². The summed E-state index contributed by atoms with van der Waals surface area (Å²) in [5.74, 6) is 7.15. The van der Waals surface area contributed by atoms with Crippen LogP contribution in [-0.2, 0) is 0 Å². The lowest BCUT2D eigenvalue weighted by Gasteiger charge is -2.39. The summed E-state index contributed by atoms with van der Waals surface area (Å²) in [6.45, 7) is 9.19. The van der Waals surface area contributed by atoms with E-state index in [-0.39, 0.29) is 0 Å². The van der Waals surface area contributed by atoms with E-state index in [1.165, 1.54) is 38.5 Å². The Morgan fingerprint density at radius 2 is 1.57 bits per heavy atom. The lowest BCUT2D eigenvalue weighted by molar-refractivity contribution is 0.0212. The molecular formula is C20H36O. The molecule has 21 heavy (non-hydrogen) atoms. The molecule has 0 bridgehead atoms. The molecule has 1 heteroatoms. The number of hydrogen-bond donors (Lipinski definition) is 1. The third-order valence-corrected chi connectivity index (χ3v) is 5.01. The van der Waals surface area contributed by atoms with Gasteiger partial charge in [0.05, 0.1) is 0 Å². The van der Waals surface area contributed by atoms with Gasteiger partial charge in [-0.15, -0.1) is 5.92 Å². The Bertz CT molecular complexity index is 331. The Morgan fingerprint density at radius 3 is 2.14 bits per heavy atom. The van der Waals surface area contributed by atoms with Crippen LogP contribution in [-0.4, -0.2) is 10.7 Å². The normalized spacial score (nSPS) is 26.2. The molecule has 1 saturated carbocycles. The molecule has 0 heterocycles. The first-order valence-corrected chi connectivity index (χ1v) is 9.10. The lowest BCUT2D eigenvalue weighted by atomic mass is 9.68. The molecule has 0 aromatic heterocycles. The van der Waals surface area contributed by atoms with Crippen LogP contribution in [0, 0.1) is 23.2 Å². The van der Waals surface area contributed by atoms with Gasteiger partial charge in [-0.3, -0.25) is 0 Å². The molecule has 1 rings (SSSR count). The van der Waals surface area contributed by atoms with Crippen molar-refractivity contribution in [3.8, 4) is 11.8 Å². The van der Waals surface area contributed by atoms with Crippen molar-refractivity contribution in [1.82, 2.24) is 0 Å². The van der Waals surface area contributed by atoms with Crippen LogP contribution in [0.15, 0.2) is 0 Å². The quantitative estimate of drug-likeness (QED) is 0.491. The van der Waals surface area contributed by atoms with Crippen LogP contribution in [0.25, 0.3) is 0 Å². The Kier molecular flexibility index (Phi) is 7.82. The van der Waals surface area contributed by atoms with E-state index in [1.54, 1.807) is 0 Å². The fourth-order valence-electron chi connectivity index (χ4n) is 3.31. The average Bonchev–Trinajstić information content (AvgIpc) is 2.41. The fourth-order valence-corrected chi connectivity index (χ4v) is 3.31. The van der Waals surface area contributed by atoms with Gasteiger partial charge in [-0.05, 0) is 43.4 Å². The molecule has 0 amide bonds. The first-order chi connectivity index (χ1) is 9.87. The Morgan fingerprint density at radius 1 is 1.00 bits per heavy atom. The average molecular weight is 293 g/mol. The number of hydrogen-bond acceptors (Lipinski definition) is 1. The molecule has 1 nitrogen and oxygen atoms in total. The van der Waals surface area contributed by atoms with E-state index in [1.807, 2.05) is 0 Å². The second-order valence-corrected chi connectivity index (χ2v) is 7.99. The Hall–Kier alpha value is -0.480. The van der Waals surface area contributed by atoms with Crippen LogP contribution in [0.5, 0.6) is 0 Å². The summed E-state index contributed by atoms with van der Waals surface area (Å²) >= 11 is 0. The van der Waals surface area contributed by atoms with E-state index in [2.05, 4.69) is 39.5 Å². The topological polar surface area (TPSA) is 20.2 Å². The van der Waals surface area contributed by atoms with Crippen LogP contribution in [0.1, 0.15) is 98.3 Å². The molecule has 0 spiro atoms. The van der Waals surface area contributed by atoms with Gasteiger partial charge >= 0.3 is 0 Å². The van der Waals surface area contributed by atoms with Crippen LogP contribution >= 0.6 is 0 Å². The first-order valence-electron chi connectivity index (χ1n) is 9.10. The Balaban J connectivity index is 2.22. The van der Waals surface area contributed by atoms with Crippen molar-refractivity contribution in [2.45, 2.75) is 104 Å². The second kappa shape index (κ2) is 8.84. The van der Waals surface area contributed by atoms with E-state index >= 15 is 0 Å². The zero-order chi connectivity index (χ0) is 15.8. The highest BCUT2D eigenvalue weighted by Crippen LogP contribution is 2.41. The largest absolute Gasteiger partial charge is 0.378 e. The summed E-state index contributed by atoms with van der Waals surface area (Å²) in [7, 11) is 0. The number of rotatable bonds is 6. The molecule has 0 atom stereocenters. The first kappa shape index (κ1) is 18.6. The zero-order valence-electron chi connectivity index (χ0n) is 14.8. The van der Waals surface area contributed by atoms with E-state index < -0.39 is 5.60 Å². The van der Waals surface area contributed by atoms with Crippen LogP contribution in [0.2, 0.25) is 0 Å². The summed E-state index contributed by atoms with van der Waals surface area (Å²) in [5, 5.41) is 10.6. The monoisotopic (exact) mass is 292 g/mol. The molecule has 0 aromatic rings. The van der Waals surface area contributed by atoms with Gasteiger partial charge in [0, 0.05) is 6.42 Å². The summed E-state index contributed by atoms with van der Waals surface area (Å²) in [6, 6.07) is 0. The fraction of sp³-hybridized carbons (Fsp3) is 0.900.